The van der Waals surface area contributed by atoms with Gasteiger partial charge < -0.3 is 10.6 Å². The molecule has 0 radical (unpaired) electrons. The van der Waals surface area contributed by atoms with Gasteiger partial charge in [0.1, 0.15) is 0 Å². The number of benzene rings is 1. The molecule has 148 valence electrons. The summed E-state index contributed by atoms with van der Waals surface area (Å²) in [6.07, 6.45) is 6.32. The summed E-state index contributed by atoms with van der Waals surface area (Å²) in [4.78, 5) is 0. The zero-order valence-electron chi connectivity index (χ0n) is 18.0. The Labute approximate surface area is 166 Å². The van der Waals surface area contributed by atoms with E-state index in [1.54, 1.807) is 5.56 Å². The van der Waals surface area contributed by atoms with Crippen molar-refractivity contribution < 1.29 is 0 Å². The van der Waals surface area contributed by atoms with Crippen LogP contribution in [0.5, 0.6) is 0 Å². The molecule has 3 rings (SSSR count). The van der Waals surface area contributed by atoms with Crippen molar-refractivity contribution in [3.63, 3.8) is 0 Å². The van der Waals surface area contributed by atoms with Gasteiger partial charge >= 0.3 is 0 Å². The highest BCUT2D eigenvalue weighted by Gasteiger charge is 2.54. The van der Waals surface area contributed by atoms with Gasteiger partial charge in [-0.05, 0) is 72.6 Å². The van der Waals surface area contributed by atoms with Gasteiger partial charge in [0.25, 0.3) is 0 Å². The van der Waals surface area contributed by atoms with Crippen molar-refractivity contribution in [2.75, 3.05) is 11.9 Å². The minimum Gasteiger partial charge on any atom is -0.358 e. The zero-order valence-corrected chi connectivity index (χ0v) is 18.0. The van der Waals surface area contributed by atoms with Crippen molar-refractivity contribution in [3.8, 4) is 0 Å². The molecular formula is C25H38N2. The molecule has 0 amide bonds. The summed E-state index contributed by atoms with van der Waals surface area (Å²) in [5.74, 6) is 0.631. The maximum Gasteiger partial charge on any atom is 0.0385 e. The Morgan fingerprint density at radius 3 is 2.63 bits per heavy atom. The van der Waals surface area contributed by atoms with Crippen LogP contribution in [0, 0.1) is 11.3 Å². The van der Waals surface area contributed by atoms with E-state index in [0.717, 1.165) is 12.2 Å². The lowest BCUT2D eigenvalue weighted by Gasteiger charge is -2.58. The fourth-order valence-corrected chi connectivity index (χ4v) is 5.69. The van der Waals surface area contributed by atoms with Gasteiger partial charge in [-0.25, -0.2) is 0 Å². The molecule has 1 saturated carbocycles. The lowest BCUT2D eigenvalue weighted by Crippen LogP contribution is -2.52. The Kier molecular flexibility index (Phi) is 5.59. The maximum absolute atomic E-state index is 4.36. The summed E-state index contributed by atoms with van der Waals surface area (Å²) in [6, 6.07) is 7.45. The van der Waals surface area contributed by atoms with E-state index in [-0.39, 0.29) is 5.41 Å². The molecule has 2 aliphatic rings. The highest BCUT2D eigenvalue weighted by Crippen LogP contribution is 2.61. The number of aryl methyl sites for hydroxylation is 1. The second-order valence-electron chi connectivity index (χ2n) is 9.68. The first-order valence-electron chi connectivity index (χ1n) is 10.6. The zero-order chi connectivity index (χ0) is 19.8. The molecule has 27 heavy (non-hydrogen) atoms. The Morgan fingerprint density at radius 2 is 1.96 bits per heavy atom. The topological polar surface area (TPSA) is 24.1 Å². The van der Waals surface area contributed by atoms with Gasteiger partial charge in [-0.1, -0.05) is 58.9 Å². The first-order valence-corrected chi connectivity index (χ1v) is 10.6. The molecule has 0 saturated heterocycles. The molecular weight excluding hydrogens is 328 g/mol. The molecule has 2 heteroatoms. The Balaban J connectivity index is 1.90. The number of anilines is 1. The van der Waals surface area contributed by atoms with E-state index >= 15 is 0 Å². The fourth-order valence-electron chi connectivity index (χ4n) is 5.69. The Hall–Kier alpha value is -1.54. The van der Waals surface area contributed by atoms with Gasteiger partial charge in [0, 0.05) is 24.0 Å². The van der Waals surface area contributed by atoms with E-state index < -0.39 is 0 Å². The lowest BCUT2D eigenvalue weighted by atomic mass is 9.45. The molecule has 1 aromatic rings. The van der Waals surface area contributed by atoms with Crippen LogP contribution in [0.1, 0.15) is 71.4 Å². The third kappa shape index (κ3) is 3.61. The molecule has 0 bridgehead atoms. The first-order chi connectivity index (χ1) is 12.7. The van der Waals surface area contributed by atoms with Crippen molar-refractivity contribution in [1.82, 2.24) is 5.32 Å². The van der Waals surface area contributed by atoms with Crippen LogP contribution >= 0.6 is 0 Å². The van der Waals surface area contributed by atoms with Gasteiger partial charge in [-0.15, -0.1) is 0 Å². The van der Waals surface area contributed by atoms with E-state index in [1.807, 2.05) is 0 Å². The number of hydrogen-bond donors (Lipinski definition) is 2. The van der Waals surface area contributed by atoms with Crippen LogP contribution in [0.25, 0.3) is 0 Å². The van der Waals surface area contributed by atoms with E-state index in [2.05, 4.69) is 76.6 Å². The van der Waals surface area contributed by atoms with E-state index in [0.29, 0.717) is 17.4 Å². The van der Waals surface area contributed by atoms with Gasteiger partial charge in [0.05, 0.1) is 0 Å². The number of hydrogen-bond acceptors (Lipinski definition) is 2. The minimum atomic E-state index is 0.220. The van der Waals surface area contributed by atoms with Crippen LogP contribution in [-0.2, 0) is 11.8 Å². The number of allylic oxidation sites excluding steroid dienone is 1. The second-order valence-corrected chi connectivity index (χ2v) is 9.68. The average Bonchev–Trinajstić information content (AvgIpc) is 2.60. The summed E-state index contributed by atoms with van der Waals surface area (Å²) in [6.45, 7) is 21.0. The monoisotopic (exact) mass is 366 g/mol. The average molecular weight is 367 g/mol. The third-order valence-corrected chi connectivity index (χ3v) is 7.46. The summed E-state index contributed by atoms with van der Waals surface area (Å²) < 4.78 is 0. The third-order valence-electron chi connectivity index (χ3n) is 7.46. The van der Waals surface area contributed by atoms with E-state index in [9.17, 15) is 0 Å². The predicted molar refractivity (Wildman–Crippen MR) is 118 cm³/mol. The molecule has 0 spiro atoms. The number of nitrogens with one attached hydrogen (secondary N) is 2. The van der Waals surface area contributed by atoms with Crippen molar-refractivity contribution >= 4 is 5.69 Å². The summed E-state index contributed by atoms with van der Waals surface area (Å²) >= 11 is 0. The fraction of sp³-hybridized carbons (Fsp3) is 0.600. The molecule has 0 aromatic heterocycles. The first kappa shape index (κ1) is 20.2. The van der Waals surface area contributed by atoms with Gasteiger partial charge in [0.15, 0.2) is 0 Å². The van der Waals surface area contributed by atoms with Crippen molar-refractivity contribution in [3.05, 3.63) is 53.8 Å². The van der Waals surface area contributed by atoms with Gasteiger partial charge in [-0.2, -0.15) is 0 Å². The molecule has 2 N–H and O–H groups in total. The van der Waals surface area contributed by atoms with Crippen LogP contribution in [0.15, 0.2) is 42.6 Å². The molecule has 1 aromatic carbocycles. The second kappa shape index (κ2) is 7.47. The molecule has 0 aliphatic heterocycles. The lowest BCUT2D eigenvalue weighted by molar-refractivity contribution is 0.0198. The van der Waals surface area contributed by atoms with Crippen LogP contribution in [0.3, 0.4) is 0 Å². The molecule has 2 nitrogen and oxygen atoms in total. The standard InChI is InChI=1S/C25H38N2/c1-17(2)22-9-8-13-24(6)23-15-21(27-19(5)16-26-18(3)4)11-10-20(23)12-14-25(22,24)7/h10-11,15,18,22,26-27H,1,5,8-9,12-14,16H2,2-4,6-7H3. The summed E-state index contributed by atoms with van der Waals surface area (Å²) in [5.41, 5.74) is 7.18. The summed E-state index contributed by atoms with van der Waals surface area (Å²) in [7, 11) is 0. The molecule has 1 fully saturated rings. The SMILES string of the molecule is C=C(CNC(C)C)Nc1ccc2c(c1)C1(C)CCCC(C(=C)C)C1(C)CC2. The van der Waals surface area contributed by atoms with Crippen LogP contribution in [-0.4, -0.2) is 12.6 Å². The largest absolute Gasteiger partial charge is 0.358 e. The van der Waals surface area contributed by atoms with Crippen LogP contribution in [0.4, 0.5) is 5.69 Å². The quantitative estimate of drug-likeness (QED) is 0.586. The molecule has 3 atom stereocenters. The maximum atomic E-state index is 4.36. The van der Waals surface area contributed by atoms with Gasteiger partial charge in [-0.3, -0.25) is 0 Å². The normalized spacial score (nSPS) is 29.8. The van der Waals surface area contributed by atoms with Crippen molar-refractivity contribution in [1.29, 1.82) is 0 Å². The Bertz CT molecular complexity index is 732. The Morgan fingerprint density at radius 1 is 1.22 bits per heavy atom. The smallest absolute Gasteiger partial charge is 0.0385 e. The minimum absolute atomic E-state index is 0.220. The molecule has 2 aliphatic carbocycles. The van der Waals surface area contributed by atoms with Gasteiger partial charge in [0.2, 0.25) is 0 Å². The highest BCUT2D eigenvalue weighted by molar-refractivity contribution is 5.55. The number of fused-ring (bicyclic) bond motifs is 3. The van der Waals surface area contributed by atoms with E-state index in [1.165, 1.54) is 48.9 Å². The molecule has 3 unspecified atom stereocenters. The van der Waals surface area contributed by atoms with Crippen LogP contribution in [0.2, 0.25) is 0 Å². The predicted octanol–water partition coefficient (Wildman–Crippen LogP) is 6.20. The highest BCUT2D eigenvalue weighted by atomic mass is 15.0. The number of rotatable bonds is 6. The van der Waals surface area contributed by atoms with Crippen molar-refractivity contribution in [2.24, 2.45) is 11.3 Å². The van der Waals surface area contributed by atoms with Crippen LogP contribution < -0.4 is 10.6 Å². The van der Waals surface area contributed by atoms with Crippen molar-refractivity contribution in [2.45, 2.75) is 78.2 Å². The van der Waals surface area contributed by atoms with E-state index in [4.69, 9.17) is 0 Å². The summed E-state index contributed by atoms with van der Waals surface area (Å²) in [5, 5.41) is 6.97. The molecule has 0 heterocycles.